The number of piperidine rings is 1. The topological polar surface area (TPSA) is 6.48 Å². The minimum Gasteiger partial charge on any atom is -0.299 e. The van der Waals surface area contributed by atoms with Gasteiger partial charge in [0, 0.05) is 30.2 Å². The quantitative estimate of drug-likeness (QED) is 0.814. The molecule has 1 aromatic rings. The standard InChI is InChI=1S/C17H25ClN2/c1-14(16-8-2-3-9-17(16)18)20-12-6-11-19-10-5-4-7-15(19)13-20/h2-3,8-9,14-15H,4-7,10-13H2,1H3. The van der Waals surface area contributed by atoms with Gasteiger partial charge in [-0.25, -0.2) is 0 Å². The van der Waals surface area contributed by atoms with E-state index in [1.165, 1.54) is 57.4 Å². The lowest BCUT2D eigenvalue weighted by Crippen LogP contribution is -2.44. The number of hydrogen-bond acceptors (Lipinski definition) is 2. The maximum absolute atomic E-state index is 6.38. The van der Waals surface area contributed by atoms with Crippen molar-refractivity contribution in [2.75, 3.05) is 26.2 Å². The molecule has 2 aliphatic rings. The fraction of sp³-hybridized carbons (Fsp3) is 0.647. The maximum Gasteiger partial charge on any atom is 0.0453 e. The van der Waals surface area contributed by atoms with Crippen LogP contribution in [-0.2, 0) is 0 Å². The molecule has 0 radical (unpaired) electrons. The Labute approximate surface area is 127 Å². The smallest absolute Gasteiger partial charge is 0.0453 e. The summed E-state index contributed by atoms with van der Waals surface area (Å²) in [6.07, 6.45) is 5.43. The number of nitrogens with zero attached hydrogens (tertiary/aromatic N) is 2. The van der Waals surface area contributed by atoms with Crippen molar-refractivity contribution in [3.8, 4) is 0 Å². The Balaban J connectivity index is 1.74. The van der Waals surface area contributed by atoms with E-state index in [-0.39, 0.29) is 0 Å². The van der Waals surface area contributed by atoms with Gasteiger partial charge in [-0.1, -0.05) is 36.2 Å². The van der Waals surface area contributed by atoms with E-state index < -0.39 is 0 Å². The van der Waals surface area contributed by atoms with Gasteiger partial charge < -0.3 is 0 Å². The maximum atomic E-state index is 6.38. The summed E-state index contributed by atoms with van der Waals surface area (Å²) in [5.41, 5.74) is 1.28. The first-order valence-electron chi connectivity index (χ1n) is 7.98. The second kappa shape index (κ2) is 6.46. The van der Waals surface area contributed by atoms with Gasteiger partial charge in [-0.05, 0) is 50.9 Å². The van der Waals surface area contributed by atoms with E-state index in [1.54, 1.807) is 0 Å². The monoisotopic (exact) mass is 292 g/mol. The van der Waals surface area contributed by atoms with Gasteiger partial charge in [0.25, 0.3) is 0 Å². The predicted molar refractivity (Wildman–Crippen MR) is 85.3 cm³/mol. The van der Waals surface area contributed by atoms with Crippen LogP contribution in [-0.4, -0.2) is 42.0 Å². The molecule has 0 amide bonds. The number of rotatable bonds is 2. The van der Waals surface area contributed by atoms with Crippen molar-refractivity contribution in [3.05, 3.63) is 34.9 Å². The lowest BCUT2D eigenvalue weighted by molar-refractivity contribution is 0.123. The molecule has 2 saturated heterocycles. The van der Waals surface area contributed by atoms with E-state index in [0.29, 0.717) is 6.04 Å². The molecule has 0 N–H and O–H groups in total. The molecule has 0 bridgehead atoms. The van der Waals surface area contributed by atoms with Gasteiger partial charge in [-0.3, -0.25) is 9.80 Å². The van der Waals surface area contributed by atoms with Gasteiger partial charge in [-0.2, -0.15) is 0 Å². The number of hydrogen-bond donors (Lipinski definition) is 0. The van der Waals surface area contributed by atoms with E-state index in [2.05, 4.69) is 28.9 Å². The molecule has 3 rings (SSSR count). The zero-order chi connectivity index (χ0) is 13.9. The molecule has 0 aromatic heterocycles. The number of benzene rings is 1. The van der Waals surface area contributed by atoms with E-state index in [0.717, 1.165) is 11.1 Å². The minimum absolute atomic E-state index is 0.422. The van der Waals surface area contributed by atoms with Crippen molar-refractivity contribution in [2.24, 2.45) is 0 Å². The van der Waals surface area contributed by atoms with Gasteiger partial charge in [-0.15, -0.1) is 0 Å². The zero-order valence-electron chi connectivity index (χ0n) is 12.4. The van der Waals surface area contributed by atoms with Crippen LogP contribution in [0, 0.1) is 0 Å². The van der Waals surface area contributed by atoms with Gasteiger partial charge >= 0.3 is 0 Å². The summed E-state index contributed by atoms with van der Waals surface area (Å²) in [6.45, 7) is 7.28. The largest absolute Gasteiger partial charge is 0.299 e. The molecular weight excluding hydrogens is 268 g/mol. The van der Waals surface area contributed by atoms with Gasteiger partial charge in [0.15, 0.2) is 0 Å². The SMILES string of the molecule is CC(c1ccccc1Cl)N1CCCN2CCCCC2C1. The molecule has 2 aliphatic heterocycles. The Kier molecular flexibility index (Phi) is 4.65. The molecule has 2 atom stereocenters. The average Bonchev–Trinajstić information content (AvgIpc) is 2.69. The van der Waals surface area contributed by atoms with Crippen molar-refractivity contribution in [3.63, 3.8) is 0 Å². The summed E-state index contributed by atoms with van der Waals surface area (Å²) in [5, 5.41) is 0.907. The highest BCUT2D eigenvalue weighted by atomic mass is 35.5. The van der Waals surface area contributed by atoms with Gasteiger partial charge in [0.1, 0.15) is 0 Å². The second-order valence-electron chi connectivity index (χ2n) is 6.23. The Morgan fingerprint density at radius 1 is 1.10 bits per heavy atom. The fourth-order valence-corrected chi connectivity index (χ4v) is 4.06. The molecule has 110 valence electrons. The molecular formula is C17H25ClN2. The van der Waals surface area contributed by atoms with Crippen molar-refractivity contribution in [1.82, 2.24) is 9.80 Å². The molecule has 2 heterocycles. The van der Waals surface area contributed by atoms with Crippen LogP contribution in [0.1, 0.15) is 44.2 Å². The Morgan fingerprint density at radius 2 is 1.90 bits per heavy atom. The van der Waals surface area contributed by atoms with E-state index in [9.17, 15) is 0 Å². The molecule has 0 aliphatic carbocycles. The molecule has 2 nitrogen and oxygen atoms in total. The van der Waals surface area contributed by atoms with Crippen LogP contribution in [0.2, 0.25) is 5.02 Å². The van der Waals surface area contributed by atoms with E-state index in [1.807, 2.05) is 12.1 Å². The lowest BCUT2D eigenvalue weighted by Gasteiger charge is -2.37. The Bertz CT molecular complexity index is 448. The molecule has 2 unspecified atom stereocenters. The Hall–Kier alpha value is -0.570. The predicted octanol–water partition coefficient (Wildman–Crippen LogP) is 3.96. The van der Waals surface area contributed by atoms with Crippen molar-refractivity contribution in [2.45, 2.75) is 44.7 Å². The third kappa shape index (κ3) is 3.03. The highest BCUT2D eigenvalue weighted by molar-refractivity contribution is 6.31. The van der Waals surface area contributed by atoms with Gasteiger partial charge in [0.05, 0.1) is 0 Å². The molecule has 20 heavy (non-hydrogen) atoms. The van der Waals surface area contributed by atoms with Crippen LogP contribution >= 0.6 is 11.6 Å². The lowest BCUT2D eigenvalue weighted by atomic mass is 10.0. The third-order valence-electron chi connectivity index (χ3n) is 4.99. The van der Waals surface area contributed by atoms with Crippen LogP contribution in [0.3, 0.4) is 0 Å². The molecule has 0 saturated carbocycles. The summed E-state index contributed by atoms with van der Waals surface area (Å²) in [7, 11) is 0. The number of fused-ring (bicyclic) bond motifs is 1. The van der Waals surface area contributed by atoms with E-state index in [4.69, 9.17) is 11.6 Å². The first-order chi connectivity index (χ1) is 9.75. The number of halogens is 1. The normalized spacial score (nSPS) is 26.8. The molecule has 0 spiro atoms. The zero-order valence-corrected chi connectivity index (χ0v) is 13.1. The molecule has 1 aromatic carbocycles. The third-order valence-corrected chi connectivity index (χ3v) is 5.33. The summed E-state index contributed by atoms with van der Waals surface area (Å²) in [5.74, 6) is 0. The van der Waals surface area contributed by atoms with Gasteiger partial charge in [0.2, 0.25) is 0 Å². The fourth-order valence-electron chi connectivity index (χ4n) is 3.76. The second-order valence-corrected chi connectivity index (χ2v) is 6.64. The van der Waals surface area contributed by atoms with Crippen molar-refractivity contribution in [1.29, 1.82) is 0 Å². The summed E-state index contributed by atoms with van der Waals surface area (Å²) in [6, 6.07) is 9.49. The Morgan fingerprint density at radius 3 is 2.75 bits per heavy atom. The molecule has 2 fully saturated rings. The van der Waals surface area contributed by atoms with Crippen LogP contribution in [0.25, 0.3) is 0 Å². The first-order valence-corrected chi connectivity index (χ1v) is 8.36. The average molecular weight is 293 g/mol. The van der Waals surface area contributed by atoms with Crippen LogP contribution in [0.15, 0.2) is 24.3 Å². The highest BCUT2D eigenvalue weighted by Crippen LogP contribution is 2.30. The van der Waals surface area contributed by atoms with Crippen molar-refractivity contribution >= 4 is 11.6 Å². The first kappa shape index (κ1) is 14.4. The van der Waals surface area contributed by atoms with Crippen LogP contribution in [0.5, 0.6) is 0 Å². The van der Waals surface area contributed by atoms with E-state index >= 15 is 0 Å². The highest BCUT2D eigenvalue weighted by Gasteiger charge is 2.29. The summed E-state index contributed by atoms with van der Waals surface area (Å²) >= 11 is 6.38. The van der Waals surface area contributed by atoms with Crippen LogP contribution in [0.4, 0.5) is 0 Å². The van der Waals surface area contributed by atoms with Crippen LogP contribution < -0.4 is 0 Å². The summed E-state index contributed by atoms with van der Waals surface area (Å²) < 4.78 is 0. The van der Waals surface area contributed by atoms with Crippen molar-refractivity contribution < 1.29 is 0 Å². The summed E-state index contributed by atoms with van der Waals surface area (Å²) in [4.78, 5) is 5.35. The minimum atomic E-state index is 0.422. The molecule has 3 heteroatoms.